The quantitative estimate of drug-likeness (QED) is 0.609. The van der Waals surface area contributed by atoms with Gasteiger partial charge in [-0.2, -0.15) is 0 Å². The molecular weight excluding hydrogens is 414 g/mol. The van der Waals surface area contributed by atoms with E-state index in [0.717, 1.165) is 34.3 Å². The molecule has 1 aromatic heterocycles. The minimum Gasteiger partial charge on any atom is -0.493 e. The summed E-state index contributed by atoms with van der Waals surface area (Å²) in [6, 6.07) is 15.9. The molecule has 1 atom stereocenters. The van der Waals surface area contributed by atoms with Crippen molar-refractivity contribution in [2.75, 3.05) is 20.8 Å². The zero-order valence-electron chi connectivity index (χ0n) is 20.1. The lowest BCUT2D eigenvalue weighted by atomic mass is 9.85. The van der Waals surface area contributed by atoms with E-state index in [4.69, 9.17) is 14.5 Å². The number of pyridine rings is 1. The Morgan fingerprint density at radius 1 is 1.06 bits per heavy atom. The molecule has 0 aliphatic carbocycles. The van der Waals surface area contributed by atoms with E-state index in [0.29, 0.717) is 25.4 Å². The van der Waals surface area contributed by atoms with Gasteiger partial charge in [0.2, 0.25) is 5.91 Å². The fraction of sp³-hybridized carbons (Fsp3) is 0.407. The monoisotopic (exact) mass is 447 g/mol. The largest absolute Gasteiger partial charge is 0.493 e. The first kappa shape index (κ1) is 23.1. The highest BCUT2D eigenvalue weighted by Gasteiger charge is 2.35. The number of carbonyl (C=O) groups excluding carboxylic acids is 1. The number of carbonyl (C=O) groups is 1. The molecule has 1 N–H and O–H groups in total. The number of methoxy groups -OCH3 is 2. The second kappa shape index (κ2) is 9.40. The van der Waals surface area contributed by atoms with Crippen LogP contribution in [-0.4, -0.2) is 42.6 Å². The number of para-hydroxylation sites is 1. The summed E-state index contributed by atoms with van der Waals surface area (Å²) in [5.41, 5.74) is 3.96. The molecule has 2 aromatic carbocycles. The summed E-state index contributed by atoms with van der Waals surface area (Å²) >= 11 is 0. The maximum atomic E-state index is 13.7. The highest BCUT2D eigenvalue weighted by Crippen LogP contribution is 2.34. The van der Waals surface area contributed by atoms with E-state index in [-0.39, 0.29) is 17.4 Å². The Kier molecular flexibility index (Phi) is 6.56. The summed E-state index contributed by atoms with van der Waals surface area (Å²) < 4.78 is 10.9. The molecule has 1 aliphatic rings. The van der Waals surface area contributed by atoms with Crippen molar-refractivity contribution in [3.8, 4) is 11.5 Å². The second-order valence-corrected chi connectivity index (χ2v) is 9.66. The number of hydrogen-bond donors (Lipinski definition) is 1. The topological polar surface area (TPSA) is 63.7 Å². The number of nitrogens with one attached hydrogen (secondary N) is 1. The van der Waals surface area contributed by atoms with Crippen molar-refractivity contribution in [2.24, 2.45) is 5.41 Å². The third-order valence-electron chi connectivity index (χ3n) is 6.29. The number of rotatable bonds is 6. The molecule has 0 spiro atoms. The van der Waals surface area contributed by atoms with Gasteiger partial charge in [-0.1, -0.05) is 45.0 Å². The number of benzene rings is 2. The lowest BCUT2D eigenvalue weighted by Crippen LogP contribution is -2.53. The van der Waals surface area contributed by atoms with Crippen LogP contribution in [0, 0.1) is 5.41 Å². The maximum Gasteiger partial charge on any atom is 0.240 e. The van der Waals surface area contributed by atoms with E-state index in [1.807, 2.05) is 41.3 Å². The number of amides is 1. The second-order valence-electron chi connectivity index (χ2n) is 9.66. The highest BCUT2D eigenvalue weighted by atomic mass is 16.5. The Bertz CT molecular complexity index is 1150. The summed E-state index contributed by atoms with van der Waals surface area (Å²) in [5.74, 6) is 1.54. The molecule has 1 amide bonds. The average Bonchev–Trinajstić information content (AvgIpc) is 2.81. The Morgan fingerprint density at radius 3 is 2.45 bits per heavy atom. The van der Waals surface area contributed by atoms with Crippen molar-refractivity contribution in [1.82, 2.24) is 15.2 Å². The summed E-state index contributed by atoms with van der Waals surface area (Å²) in [6.45, 7) is 8.08. The Labute approximate surface area is 195 Å². The Hall–Kier alpha value is -3.12. The molecule has 0 fully saturated rings. The lowest BCUT2D eigenvalue weighted by molar-refractivity contribution is -0.137. The predicted molar refractivity (Wildman–Crippen MR) is 130 cm³/mol. The summed E-state index contributed by atoms with van der Waals surface area (Å²) in [7, 11) is 3.28. The van der Waals surface area contributed by atoms with Crippen LogP contribution in [0.25, 0.3) is 10.9 Å². The van der Waals surface area contributed by atoms with E-state index >= 15 is 0 Å². The van der Waals surface area contributed by atoms with E-state index in [1.54, 1.807) is 14.2 Å². The van der Waals surface area contributed by atoms with E-state index < -0.39 is 0 Å². The first-order valence-corrected chi connectivity index (χ1v) is 11.4. The molecule has 6 nitrogen and oxygen atoms in total. The normalized spacial score (nSPS) is 14.6. The van der Waals surface area contributed by atoms with E-state index in [9.17, 15) is 4.79 Å². The molecule has 1 aliphatic heterocycles. The number of nitrogens with zero attached hydrogens (tertiary/aromatic N) is 2. The van der Waals surface area contributed by atoms with Gasteiger partial charge in [-0.3, -0.25) is 15.1 Å². The van der Waals surface area contributed by atoms with Gasteiger partial charge < -0.3 is 14.4 Å². The predicted octanol–water partition coefficient (Wildman–Crippen LogP) is 4.34. The molecule has 174 valence electrons. The van der Waals surface area contributed by atoms with Crippen molar-refractivity contribution in [3.05, 3.63) is 65.4 Å². The fourth-order valence-electron chi connectivity index (χ4n) is 4.43. The van der Waals surface area contributed by atoms with Crippen LogP contribution in [0.4, 0.5) is 0 Å². The minimum absolute atomic E-state index is 0.115. The van der Waals surface area contributed by atoms with E-state index in [1.165, 1.54) is 5.56 Å². The van der Waals surface area contributed by atoms with Crippen molar-refractivity contribution in [1.29, 1.82) is 0 Å². The van der Waals surface area contributed by atoms with Gasteiger partial charge in [-0.25, -0.2) is 0 Å². The van der Waals surface area contributed by atoms with Gasteiger partial charge >= 0.3 is 0 Å². The molecular formula is C27H33N3O3. The van der Waals surface area contributed by atoms with Gasteiger partial charge in [-0.15, -0.1) is 0 Å². The van der Waals surface area contributed by atoms with Gasteiger partial charge in [0.25, 0.3) is 0 Å². The molecule has 0 saturated heterocycles. The fourth-order valence-corrected chi connectivity index (χ4v) is 4.43. The molecule has 3 aromatic rings. The summed E-state index contributed by atoms with van der Waals surface area (Å²) in [4.78, 5) is 20.4. The van der Waals surface area contributed by atoms with E-state index in [2.05, 4.69) is 38.2 Å². The Balaban J connectivity index is 1.51. The van der Waals surface area contributed by atoms with Gasteiger partial charge in [0.05, 0.1) is 31.5 Å². The first-order valence-electron chi connectivity index (χ1n) is 11.4. The van der Waals surface area contributed by atoms with Crippen LogP contribution in [0.3, 0.4) is 0 Å². The maximum absolute atomic E-state index is 13.7. The first-order chi connectivity index (χ1) is 15.8. The van der Waals surface area contributed by atoms with Crippen molar-refractivity contribution >= 4 is 16.8 Å². The van der Waals surface area contributed by atoms with Crippen LogP contribution in [0.5, 0.6) is 11.5 Å². The van der Waals surface area contributed by atoms with Crippen LogP contribution in [-0.2, 0) is 24.3 Å². The van der Waals surface area contributed by atoms with Crippen LogP contribution < -0.4 is 14.8 Å². The number of hydrogen-bond acceptors (Lipinski definition) is 5. The van der Waals surface area contributed by atoms with Gasteiger partial charge in [-0.05, 0) is 47.2 Å². The highest BCUT2D eigenvalue weighted by molar-refractivity contribution is 5.83. The zero-order chi connectivity index (χ0) is 23.6. The Morgan fingerprint density at radius 2 is 1.76 bits per heavy atom. The van der Waals surface area contributed by atoms with Crippen molar-refractivity contribution in [3.63, 3.8) is 0 Å². The summed E-state index contributed by atoms with van der Waals surface area (Å²) in [5, 5.41) is 4.62. The number of aromatic nitrogens is 1. The standard InChI is InChI=1S/C27H33N3O3/c1-27(2,3)25(28-16-21-11-10-18-8-6-7-9-22(18)29-21)26(31)30-13-12-19-14-23(32-4)24(33-5)15-20(19)17-30/h6-11,14-15,25,28H,12-13,16-17H2,1-5H3/t25-/m1/s1. The molecule has 2 heterocycles. The van der Waals surface area contributed by atoms with Crippen LogP contribution in [0.1, 0.15) is 37.6 Å². The third kappa shape index (κ3) is 4.96. The van der Waals surface area contributed by atoms with Crippen molar-refractivity contribution < 1.29 is 14.3 Å². The molecule has 0 bridgehead atoms. The van der Waals surface area contributed by atoms with Crippen LogP contribution in [0.2, 0.25) is 0 Å². The lowest BCUT2D eigenvalue weighted by Gasteiger charge is -2.37. The molecule has 4 rings (SSSR count). The SMILES string of the molecule is COc1cc2c(cc1OC)CN(C(=O)[C@@H](NCc1ccc3ccccc3n1)C(C)(C)C)CC2. The smallest absolute Gasteiger partial charge is 0.240 e. The summed E-state index contributed by atoms with van der Waals surface area (Å²) in [6.07, 6.45) is 0.796. The van der Waals surface area contributed by atoms with Crippen molar-refractivity contribution in [2.45, 2.75) is 46.3 Å². The van der Waals surface area contributed by atoms with Gasteiger partial charge in [0.15, 0.2) is 11.5 Å². The van der Waals surface area contributed by atoms with Crippen LogP contribution in [0.15, 0.2) is 48.5 Å². The molecule has 33 heavy (non-hydrogen) atoms. The van der Waals surface area contributed by atoms with Gasteiger partial charge in [0.1, 0.15) is 0 Å². The molecule has 0 saturated carbocycles. The zero-order valence-corrected chi connectivity index (χ0v) is 20.1. The molecule has 0 radical (unpaired) electrons. The average molecular weight is 448 g/mol. The van der Waals surface area contributed by atoms with Gasteiger partial charge in [0, 0.05) is 25.0 Å². The molecule has 6 heteroatoms. The minimum atomic E-state index is -0.326. The third-order valence-corrected chi connectivity index (χ3v) is 6.29. The number of fused-ring (bicyclic) bond motifs is 2. The molecule has 0 unspecified atom stereocenters. The van der Waals surface area contributed by atoms with Crippen LogP contribution >= 0.6 is 0 Å². The number of ether oxygens (including phenoxy) is 2.